The zero-order valence-electron chi connectivity index (χ0n) is 14.5. The van der Waals surface area contributed by atoms with Crippen LogP contribution in [0.3, 0.4) is 0 Å². The number of pyridine rings is 1. The fourth-order valence-electron chi connectivity index (χ4n) is 2.19. The molecule has 1 aromatic carbocycles. The summed E-state index contributed by atoms with van der Waals surface area (Å²) < 4.78 is 33.3. The Kier molecular flexibility index (Phi) is 6.30. The Hall–Kier alpha value is -2.06. The molecule has 1 atom stereocenters. The van der Waals surface area contributed by atoms with E-state index in [1.807, 2.05) is 0 Å². The molecule has 0 aliphatic rings. The summed E-state index contributed by atoms with van der Waals surface area (Å²) in [4.78, 5) is 17.7. The Morgan fingerprint density at radius 1 is 1.31 bits per heavy atom. The van der Waals surface area contributed by atoms with E-state index in [0.29, 0.717) is 10.2 Å². The van der Waals surface area contributed by atoms with Crippen LogP contribution >= 0.6 is 15.9 Å². The van der Waals surface area contributed by atoms with E-state index in [4.69, 9.17) is 4.74 Å². The van der Waals surface area contributed by atoms with Gasteiger partial charge in [-0.05, 0) is 61.0 Å². The number of carbonyl (C=O) groups is 1. The van der Waals surface area contributed by atoms with E-state index in [0.717, 1.165) is 23.1 Å². The highest BCUT2D eigenvalue weighted by molar-refractivity contribution is 9.10. The molecule has 5 nitrogen and oxygen atoms in total. The van der Waals surface area contributed by atoms with Gasteiger partial charge in [-0.1, -0.05) is 0 Å². The minimum Gasteiger partial charge on any atom is -0.443 e. The molecule has 0 aliphatic carbocycles. The van der Waals surface area contributed by atoms with Crippen LogP contribution in [0.4, 0.5) is 19.3 Å². The molecule has 8 heteroatoms. The first-order valence-electron chi connectivity index (χ1n) is 7.81. The van der Waals surface area contributed by atoms with Gasteiger partial charge >= 0.3 is 6.09 Å². The lowest BCUT2D eigenvalue weighted by Crippen LogP contribution is -2.39. The van der Waals surface area contributed by atoms with Crippen LogP contribution in [0.15, 0.2) is 41.1 Å². The molecule has 0 saturated carbocycles. The number of rotatable bonds is 4. The fraction of sp³-hybridized carbons (Fsp3) is 0.333. The second-order valence-corrected chi connectivity index (χ2v) is 7.55. The van der Waals surface area contributed by atoms with Gasteiger partial charge in [-0.25, -0.2) is 13.6 Å². The van der Waals surface area contributed by atoms with Gasteiger partial charge < -0.3 is 9.84 Å². The van der Waals surface area contributed by atoms with Crippen molar-refractivity contribution in [3.63, 3.8) is 0 Å². The SMILES string of the molecule is CC(C)(C)OC(=O)N(C[C@H](O)c1cc(F)ccc1F)c1cncc(Br)c1. The van der Waals surface area contributed by atoms with Crippen molar-refractivity contribution in [2.24, 2.45) is 0 Å². The van der Waals surface area contributed by atoms with E-state index >= 15 is 0 Å². The van der Waals surface area contributed by atoms with Gasteiger partial charge in [-0.2, -0.15) is 0 Å². The summed E-state index contributed by atoms with van der Waals surface area (Å²) in [5.41, 5.74) is -0.685. The number of amides is 1. The summed E-state index contributed by atoms with van der Waals surface area (Å²) in [6.07, 6.45) is 0.730. The van der Waals surface area contributed by atoms with E-state index < -0.39 is 29.4 Å². The van der Waals surface area contributed by atoms with Gasteiger partial charge in [0.1, 0.15) is 23.3 Å². The third kappa shape index (κ3) is 5.47. The van der Waals surface area contributed by atoms with Gasteiger partial charge in [-0.3, -0.25) is 9.88 Å². The first-order chi connectivity index (χ1) is 12.1. The number of aliphatic hydroxyl groups excluding tert-OH is 1. The van der Waals surface area contributed by atoms with Crippen LogP contribution in [0.25, 0.3) is 0 Å². The Balaban J connectivity index is 2.34. The summed E-state index contributed by atoms with van der Waals surface area (Å²) in [7, 11) is 0. The van der Waals surface area contributed by atoms with E-state index in [1.54, 1.807) is 26.8 Å². The average molecular weight is 429 g/mol. The molecular weight excluding hydrogens is 410 g/mol. The van der Waals surface area contributed by atoms with Crippen LogP contribution in [0.2, 0.25) is 0 Å². The maximum atomic E-state index is 13.9. The van der Waals surface area contributed by atoms with Crippen molar-refractivity contribution in [1.82, 2.24) is 4.98 Å². The molecule has 0 spiro atoms. The maximum absolute atomic E-state index is 13.9. The molecule has 0 unspecified atom stereocenters. The van der Waals surface area contributed by atoms with Gasteiger partial charge in [0.25, 0.3) is 0 Å². The molecule has 0 fully saturated rings. The molecule has 0 radical (unpaired) electrons. The quantitative estimate of drug-likeness (QED) is 0.772. The molecular formula is C18H19BrF2N2O3. The highest BCUT2D eigenvalue weighted by Crippen LogP contribution is 2.25. The number of aliphatic hydroxyl groups is 1. The van der Waals surface area contributed by atoms with E-state index in [9.17, 15) is 18.7 Å². The third-order valence-corrected chi connectivity index (χ3v) is 3.72. The van der Waals surface area contributed by atoms with Crippen LogP contribution in [0.1, 0.15) is 32.4 Å². The van der Waals surface area contributed by atoms with Crippen molar-refractivity contribution in [3.05, 3.63) is 58.3 Å². The van der Waals surface area contributed by atoms with Gasteiger partial charge in [0, 0.05) is 16.2 Å². The summed E-state index contributed by atoms with van der Waals surface area (Å²) >= 11 is 3.26. The maximum Gasteiger partial charge on any atom is 0.414 e. The predicted octanol–water partition coefficient (Wildman–Crippen LogP) is 4.60. The molecule has 2 aromatic rings. The topological polar surface area (TPSA) is 62.7 Å². The molecule has 1 aromatic heterocycles. The van der Waals surface area contributed by atoms with Crippen molar-refractivity contribution in [3.8, 4) is 0 Å². The molecule has 1 amide bonds. The summed E-state index contributed by atoms with van der Waals surface area (Å²) in [6.45, 7) is 4.76. The number of benzene rings is 1. The van der Waals surface area contributed by atoms with Crippen molar-refractivity contribution in [2.75, 3.05) is 11.4 Å². The number of halogens is 3. The number of aromatic nitrogens is 1. The predicted molar refractivity (Wildman–Crippen MR) is 96.8 cm³/mol. The first-order valence-corrected chi connectivity index (χ1v) is 8.60. The fourth-order valence-corrected chi connectivity index (χ4v) is 2.54. The third-order valence-electron chi connectivity index (χ3n) is 3.29. The van der Waals surface area contributed by atoms with E-state index in [1.165, 1.54) is 12.4 Å². The lowest BCUT2D eigenvalue weighted by molar-refractivity contribution is 0.0554. The number of anilines is 1. The number of hydrogen-bond acceptors (Lipinski definition) is 4. The van der Waals surface area contributed by atoms with Gasteiger partial charge in [0.05, 0.1) is 18.4 Å². The summed E-state index contributed by atoms with van der Waals surface area (Å²) in [5.74, 6) is -1.45. The monoisotopic (exact) mass is 428 g/mol. The smallest absolute Gasteiger partial charge is 0.414 e. The number of nitrogens with zero attached hydrogens (tertiary/aromatic N) is 2. The lowest BCUT2D eigenvalue weighted by atomic mass is 10.1. The number of ether oxygens (including phenoxy) is 1. The standard InChI is InChI=1S/C18H19BrF2N2O3/c1-18(2,3)26-17(25)23(13-6-11(19)8-22-9-13)10-16(24)14-7-12(20)4-5-15(14)21/h4-9,16,24H,10H2,1-3H3/t16-/m0/s1. The molecule has 1 N–H and O–H groups in total. The molecule has 1 heterocycles. The zero-order chi connectivity index (χ0) is 19.5. The van der Waals surface area contributed by atoms with Crippen molar-refractivity contribution in [2.45, 2.75) is 32.5 Å². The van der Waals surface area contributed by atoms with Crippen LogP contribution in [0, 0.1) is 11.6 Å². The van der Waals surface area contributed by atoms with Crippen LogP contribution < -0.4 is 4.90 Å². The minimum atomic E-state index is -1.46. The molecule has 2 rings (SSSR count). The molecule has 0 aliphatic heterocycles. The lowest BCUT2D eigenvalue weighted by Gasteiger charge is -2.29. The molecule has 0 bridgehead atoms. The zero-order valence-corrected chi connectivity index (χ0v) is 16.1. The Bertz CT molecular complexity index is 796. The van der Waals surface area contributed by atoms with E-state index in [2.05, 4.69) is 20.9 Å². The average Bonchev–Trinajstić information content (AvgIpc) is 2.52. The number of hydrogen-bond donors (Lipinski definition) is 1. The molecule has 140 valence electrons. The van der Waals surface area contributed by atoms with Gasteiger partial charge in [-0.15, -0.1) is 0 Å². The Morgan fingerprint density at radius 2 is 2.00 bits per heavy atom. The van der Waals surface area contributed by atoms with E-state index in [-0.39, 0.29) is 12.1 Å². The highest BCUT2D eigenvalue weighted by atomic mass is 79.9. The van der Waals surface area contributed by atoms with Crippen LogP contribution in [0.5, 0.6) is 0 Å². The molecule has 26 heavy (non-hydrogen) atoms. The minimum absolute atomic E-state index is 0.249. The van der Waals surface area contributed by atoms with Crippen molar-refractivity contribution in [1.29, 1.82) is 0 Å². The first kappa shape index (κ1) is 20.3. The van der Waals surface area contributed by atoms with Gasteiger partial charge in [0.2, 0.25) is 0 Å². The van der Waals surface area contributed by atoms with Crippen LogP contribution in [-0.2, 0) is 4.74 Å². The summed E-state index contributed by atoms with van der Waals surface area (Å²) in [6, 6.07) is 4.37. The largest absolute Gasteiger partial charge is 0.443 e. The van der Waals surface area contributed by atoms with Crippen LogP contribution in [-0.4, -0.2) is 28.3 Å². The number of carbonyl (C=O) groups excluding carboxylic acids is 1. The summed E-state index contributed by atoms with van der Waals surface area (Å²) in [5, 5.41) is 10.4. The highest BCUT2D eigenvalue weighted by Gasteiger charge is 2.27. The Labute approximate surface area is 158 Å². The van der Waals surface area contributed by atoms with Gasteiger partial charge in [0.15, 0.2) is 0 Å². The van der Waals surface area contributed by atoms with Crippen molar-refractivity contribution < 1.29 is 23.4 Å². The Morgan fingerprint density at radius 3 is 2.62 bits per heavy atom. The normalized spacial score (nSPS) is 12.6. The molecule has 0 saturated heterocycles. The second kappa shape index (κ2) is 8.09. The second-order valence-electron chi connectivity index (χ2n) is 6.63. The van der Waals surface area contributed by atoms with Crippen molar-refractivity contribution >= 4 is 27.7 Å².